The number of carboxylic acid groups (broad SMARTS) is 1. The number of hydrogen-bond acceptors (Lipinski definition) is 5. The van der Waals surface area contributed by atoms with Gasteiger partial charge in [0, 0.05) is 11.3 Å². The van der Waals surface area contributed by atoms with E-state index in [1.54, 1.807) is 0 Å². The number of methoxy groups -OCH3 is 1. The Morgan fingerprint density at radius 3 is 2.50 bits per heavy atom. The Morgan fingerprint density at radius 2 is 2.12 bits per heavy atom. The second-order valence-electron chi connectivity index (χ2n) is 3.37. The molecule has 1 rings (SSSR count). The molecule has 0 saturated heterocycles. The first kappa shape index (κ1) is 12.6. The topological polar surface area (TPSA) is 76.5 Å². The molecule has 0 aromatic carbocycles. The first-order valence-electron chi connectivity index (χ1n) is 4.69. The number of carbonyl (C=O) groups excluding carboxylic acids is 1. The van der Waals surface area contributed by atoms with Gasteiger partial charge in [0.25, 0.3) is 0 Å². The van der Waals surface area contributed by atoms with Crippen molar-refractivity contribution in [3.63, 3.8) is 0 Å². The second kappa shape index (κ2) is 5.07. The minimum atomic E-state index is -1.18. The van der Waals surface area contributed by atoms with Crippen LogP contribution < -0.4 is 0 Å². The summed E-state index contributed by atoms with van der Waals surface area (Å²) < 4.78 is 4.44. The first-order valence-corrected chi connectivity index (χ1v) is 5.51. The molecule has 0 bridgehead atoms. The number of ether oxygens (including phenoxy) is 1. The number of carboxylic acids is 1. The number of rotatable bonds is 4. The lowest BCUT2D eigenvalue weighted by molar-refractivity contribution is -0.156. The molecule has 0 aliphatic rings. The summed E-state index contributed by atoms with van der Waals surface area (Å²) in [5.41, 5.74) is 0.869. The summed E-state index contributed by atoms with van der Waals surface area (Å²) in [5, 5.41) is 9.53. The van der Waals surface area contributed by atoms with Crippen LogP contribution in [0.15, 0.2) is 0 Å². The first-order chi connectivity index (χ1) is 7.45. The molecule has 5 nitrogen and oxygen atoms in total. The van der Waals surface area contributed by atoms with Crippen LogP contribution in [0.1, 0.15) is 15.6 Å². The van der Waals surface area contributed by atoms with Crippen LogP contribution in [0.2, 0.25) is 0 Å². The predicted molar refractivity (Wildman–Crippen MR) is 58.4 cm³/mol. The molecule has 1 atom stereocenters. The summed E-state index contributed by atoms with van der Waals surface area (Å²) in [6.45, 7) is 3.76. The Balaban J connectivity index is 2.83. The lowest BCUT2D eigenvalue weighted by Crippen LogP contribution is -2.27. The predicted octanol–water partition coefficient (Wildman–Crippen LogP) is 1.18. The van der Waals surface area contributed by atoms with Crippen molar-refractivity contribution in [2.75, 3.05) is 7.11 Å². The molecular weight excluding hydrogens is 230 g/mol. The van der Waals surface area contributed by atoms with Crippen LogP contribution in [0.4, 0.5) is 0 Å². The molecule has 0 fully saturated rings. The highest BCUT2D eigenvalue weighted by Crippen LogP contribution is 2.20. The number of nitrogens with zero attached hydrogens (tertiary/aromatic N) is 1. The maximum absolute atomic E-state index is 11.2. The minimum Gasteiger partial charge on any atom is -0.481 e. The third-order valence-electron chi connectivity index (χ3n) is 2.24. The molecule has 0 saturated carbocycles. The number of carbonyl (C=O) groups is 2. The third-order valence-corrected chi connectivity index (χ3v) is 3.33. The third kappa shape index (κ3) is 2.79. The number of aromatic nitrogens is 1. The Labute approximate surface area is 97.1 Å². The van der Waals surface area contributed by atoms with Crippen molar-refractivity contribution in [1.82, 2.24) is 4.98 Å². The van der Waals surface area contributed by atoms with Gasteiger partial charge >= 0.3 is 11.9 Å². The molecule has 1 aromatic heterocycles. The number of thiazole rings is 1. The van der Waals surface area contributed by atoms with Gasteiger partial charge in [0.1, 0.15) is 0 Å². The van der Waals surface area contributed by atoms with Crippen LogP contribution in [-0.2, 0) is 20.7 Å². The Kier molecular flexibility index (Phi) is 4.00. The van der Waals surface area contributed by atoms with E-state index in [4.69, 9.17) is 5.11 Å². The smallest absolute Gasteiger partial charge is 0.320 e. The molecule has 1 unspecified atom stereocenters. The van der Waals surface area contributed by atoms with Crippen molar-refractivity contribution in [3.05, 3.63) is 15.6 Å². The molecule has 16 heavy (non-hydrogen) atoms. The summed E-state index contributed by atoms with van der Waals surface area (Å²) in [6, 6.07) is 0. The molecule has 0 aliphatic heterocycles. The maximum Gasteiger partial charge on any atom is 0.320 e. The highest BCUT2D eigenvalue weighted by Gasteiger charge is 2.28. The van der Waals surface area contributed by atoms with E-state index in [-0.39, 0.29) is 6.42 Å². The zero-order chi connectivity index (χ0) is 12.3. The van der Waals surface area contributed by atoms with Crippen LogP contribution in [0.5, 0.6) is 0 Å². The number of aryl methyl sites for hydroxylation is 2. The zero-order valence-corrected chi connectivity index (χ0v) is 10.1. The molecule has 6 heteroatoms. The molecule has 0 spiro atoms. The fraction of sp³-hybridized carbons (Fsp3) is 0.500. The maximum atomic E-state index is 11.2. The van der Waals surface area contributed by atoms with Crippen molar-refractivity contribution in [2.24, 2.45) is 5.92 Å². The largest absolute Gasteiger partial charge is 0.481 e. The van der Waals surface area contributed by atoms with E-state index in [2.05, 4.69) is 9.72 Å². The molecule has 1 N–H and O–H groups in total. The molecule has 0 radical (unpaired) electrons. The van der Waals surface area contributed by atoms with Gasteiger partial charge in [0.2, 0.25) is 0 Å². The summed E-state index contributed by atoms with van der Waals surface area (Å²) in [5.74, 6) is -3.09. The Morgan fingerprint density at radius 1 is 1.50 bits per heavy atom. The fourth-order valence-electron chi connectivity index (χ4n) is 1.21. The van der Waals surface area contributed by atoms with E-state index >= 15 is 0 Å². The van der Waals surface area contributed by atoms with Gasteiger partial charge in [0.15, 0.2) is 5.92 Å². The van der Waals surface area contributed by atoms with Crippen LogP contribution in [0, 0.1) is 19.8 Å². The molecule has 88 valence electrons. The number of hydrogen-bond donors (Lipinski definition) is 1. The van der Waals surface area contributed by atoms with Gasteiger partial charge < -0.3 is 9.84 Å². The summed E-state index contributed by atoms with van der Waals surface area (Å²) >= 11 is 1.41. The zero-order valence-electron chi connectivity index (χ0n) is 9.31. The Hall–Kier alpha value is -1.43. The summed E-state index contributed by atoms with van der Waals surface area (Å²) in [6.07, 6.45) is 0.0847. The Bertz CT molecular complexity index is 393. The van der Waals surface area contributed by atoms with E-state index in [1.807, 2.05) is 13.8 Å². The second-order valence-corrected chi connectivity index (χ2v) is 4.66. The van der Waals surface area contributed by atoms with E-state index in [0.29, 0.717) is 5.01 Å². The number of aliphatic carboxylic acids is 1. The average Bonchev–Trinajstić information content (AvgIpc) is 2.53. The lowest BCUT2D eigenvalue weighted by Gasteiger charge is -2.07. The van der Waals surface area contributed by atoms with E-state index in [0.717, 1.165) is 10.6 Å². The summed E-state index contributed by atoms with van der Waals surface area (Å²) in [7, 11) is 1.18. The van der Waals surface area contributed by atoms with Crippen molar-refractivity contribution < 1.29 is 19.4 Å². The molecule has 0 aliphatic carbocycles. The quantitative estimate of drug-likeness (QED) is 0.634. The highest BCUT2D eigenvalue weighted by atomic mass is 32.1. The van der Waals surface area contributed by atoms with Crippen LogP contribution in [-0.4, -0.2) is 29.1 Å². The van der Waals surface area contributed by atoms with Gasteiger partial charge in [-0.3, -0.25) is 9.59 Å². The van der Waals surface area contributed by atoms with Gasteiger partial charge in [-0.2, -0.15) is 0 Å². The normalized spacial score (nSPS) is 12.2. The molecule has 0 amide bonds. The number of esters is 1. The van der Waals surface area contributed by atoms with Gasteiger partial charge in [-0.25, -0.2) is 4.98 Å². The van der Waals surface area contributed by atoms with Crippen molar-refractivity contribution in [2.45, 2.75) is 20.3 Å². The van der Waals surface area contributed by atoms with Gasteiger partial charge in [-0.15, -0.1) is 11.3 Å². The van der Waals surface area contributed by atoms with Crippen molar-refractivity contribution in [3.8, 4) is 0 Å². The molecule has 1 heterocycles. The average molecular weight is 243 g/mol. The van der Waals surface area contributed by atoms with Crippen LogP contribution >= 0.6 is 11.3 Å². The monoisotopic (exact) mass is 243 g/mol. The van der Waals surface area contributed by atoms with Crippen molar-refractivity contribution in [1.29, 1.82) is 0 Å². The molecular formula is C10H13NO4S. The van der Waals surface area contributed by atoms with E-state index in [9.17, 15) is 9.59 Å². The molecule has 1 aromatic rings. The highest BCUT2D eigenvalue weighted by molar-refractivity contribution is 7.11. The fourth-order valence-corrected chi connectivity index (χ4v) is 2.19. The van der Waals surface area contributed by atoms with Gasteiger partial charge in [0.05, 0.1) is 17.8 Å². The van der Waals surface area contributed by atoms with Gasteiger partial charge in [-0.05, 0) is 13.8 Å². The van der Waals surface area contributed by atoms with Crippen molar-refractivity contribution >= 4 is 23.3 Å². The summed E-state index contributed by atoms with van der Waals surface area (Å²) in [4.78, 5) is 27.3. The lowest BCUT2D eigenvalue weighted by atomic mass is 10.1. The van der Waals surface area contributed by atoms with Crippen LogP contribution in [0.3, 0.4) is 0 Å². The SMILES string of the molecule is COC(=O)C(Cc1nc(C)c(C)s1)C(=O)O. The standard InChI is InChI=1S/C10H13NO4S/c1-5-6(2)16-8(11-5)4-7(9(12)13)10(14)15-3/h7H,4H2,1-3H3,(H,12,13). The minimum absolute atomic E-state index is 0.0847. The van der Waals surface area contributed by atoms with E-state index in [1.165, 1.54) is 18.4 Å². The van der Waals surface area contributed by atoms with Gasteiger partial charge in [-0.1, -0.05) is 0 Å². The van der Waals surface area contributed by atoms with Crippen LogP contribution in [0.25, 0.3) is 0 Å². The van der Waals surface area contributed by atoms with E-state index < -0.39 is 17.9 Å².